The van der Waals surface area contributed by atoms with E-state index in [1.165, 1.54) is 17.8 Å². The molecule has 0 radical (unpaired) electrons. The van der Waals surface area contributed by atoms with Crippen molar-refractivity contribution in [3.63, 3.8) is 0 Å². The molecular formula is C15H21FOS. The van der Waals surface area contributed by atoms with Gasteiger partial charge in [0.1, 0.15) is 11.6 Å². The van der Waals surface area contributed by atoms with Gasteiger partial charge in [0, 0.05) is 11.3 Å². The van der Waals surface area contributed by atoms with Crippen LogP contribution < -0.4 is 0 Å². The lowest BCUT2D eigenvalue weighted by atomic mass is 9.95. The van der Waals surface area contributed by atoms with E-state index in [2.05, 4.69) is 20.8 Å². The lowest BCUT2D eigenvalue weighted by molar-refractivity contribution is -0.117. The van der Waals surface area contributed by atoms with E-state index in [4.69, 9.17) is 0 Å². The topological polar surface area (TPSA) is 17.1 Å². The zero-order valence-electron chi connectivity index (χ0n) is 11.3. The molecule has 0 bridgehead atoms. The van der Waals surface area contributed by atoms with Crippen LogP contribution in [0.2, 0.25) is 0 Å². The Bertz CT molecular complexity index is 390. The van der Waals surface area contributed by atoms with Crippen molar-refractivity contribution in [3.05, 3.63) is 30.1 Å². The lowest BCUT2D eigenvalue weighted by Crippen LogP contribution is -2.10. The molecule has 1 aromatic carbocycles. The Hall–Kier alpha value is -0.830. The number of benzene rings is 1. The van der Waals surface area contributed by atoms with Gasteiger partial charge in [0.25, 0.3) is 0 Å². The number of thioether (sulfide) groups is 1. The Kier molecular flexibility index (Phi) is 6.41. The fourth-order valence-electron chi connectivity index (χ4n) is 2.06. The molecular weight excluding hydrogens is 247 g/mol. The van der Waals surface area contributed by atoms with E-state index in [0.717, 1.165) is 6.42 Å². The molecule has 0 spiro atoms. The van der Waals surface area contributed by atoms with Crippen molar-refractivity contribution >= 4 is 17.5 Å². The van der Waals surface area contributed by atoms with Gasteiger partial charge in [-0.05, 0) is 30.4 Å². The molecule has 0 amide bonds. The summed E-state index contributed by atoms with van der Waals surface area (Å²) in [6.07, 6.45) is 1.66. The first-order valence-electron chi connectivity index (χ1n) is 6.38. The number of rotatable bonds is 7. The summed E-state index contributed by atoms with van der Waals surface area (Å²) in [5, 5.41) is 0. The van der Waals surface area contributed by atoms with Gasteiger partial charge in [-0.3, -0.25) is 4.79 Å². The van der Waals surface area contributed by atoms with Crippen LogP contribution >= 0.6 is 11.8 Å². The van der Waals surface area contributed by atoms with Crippen molar-refractivity contribution in [2.24, 2.45) is 11.8 Å². The molecule has 1 aromatic rings. The van der Waals surface area contributed by atoms with Crippen LogP contribution in [0.3, 0.4) is 0 Å². The Morgan fingerprint density at radius 1 is 1.28 bits per heavy atom. The van der Waals surface area contributed by atoms with E-state index in [-0.39, 0.29) is 11.6 Å². The largest absolute Gasteiger partial charge is 0.299 e. The monoisotopic (exact) mass is 268 g/mol. The van der Waals surface area contributed by atoms with E-state index in [1.54, 1.807) is 18.2 Å². The zero-order chi connectivity index (χ0) is 13.5. The number of hydrogen-bond donors (Lipinski definition) is 0. The number of carbonyl (C=O) groups excluding carboxylic acids is 1. The number of ketones is 1. The molecule has 0 aliphatic carbocycles. The fourth-order valence-corrected chi connectivity index (χ4v) is 2.87. The summed E-state index contributed by atoms with van der Waals surface area (Å²) < 4.78 is 13.3. The Balaban J connectivity index is 2.35. The van der Waals surface area contributed by atoms with Gasteiger partial charge < -0.3 is 0 Å². The van der Waals surface area contributed by atoms with E-state index >= 15 is 0 Å². The second-order valence-corrected chi connectivity index (χ2v) is 6.21. The molecule has 1 unspecified atom stereocenters. The summed E-state index contributed by atoms with van der Waals surface area (Å²) in [5.74, 6) is 1.36. The van der Waals surface area contributed by atoms with Crippen LogP contribution in [-0.2, 0) is 4.79 Å². The molecule has 100 valence electrons. The summed E-state index contributed by atoms with van der Waals surface area (Å²) in [4.78, 5) is 12.3. The quantitative estimate of drug-likeness (QED) is 0.674. The van der Waals surface area contributed by atoms with Crippen molar-refractivity contribution < 1.29 is 9.18 Å². The molecule has 0 aliphatic rings. The minimum absolute atomic E-state index is 0.205. The molecule has 1 atom stereocenters. The van der Waals surface area contributed by atoms with Crippen LogP contribution in [0.5, 0.6) is 0 Å². The standard InChI is InChI=1S/C15H21FOS/c1-11(2)8-12(3)9-13(17)10-18-15-7-5-4-6-14(15)16/h4-7,11-12H,8-10H2,1-3H3. The lowest BCUT2D eigenvalue weighted by Gasteiger charge is -2.12. The van der Waals surface area contributed by atoms with Crippen LogP contribution in [-0.4, -0.2) is 11.5 Å². The summed E-state index contributed by atoms with van der Waals surface area (Å²) in [6, 6.07) is 6.59. The highest BCUT2D eigenvalue weighted by atomic mass is 32.2. The van der Waals surface area contributed by atoms with Crippen LogP contribution in [0.25, 0.3) is 0 Å². The third kappa shape index (κ3) is 5.67. The van der Waals surface area contributed by atoms with Crippen LogP contribution in [0.1, 0.15) is 33.6 Å². The van der Waals surface area contributed by atoms with Crippen LogP contribution in [0.4, 0.5) is 4.39 Å². The van der Waals surface area contributed by atoms with Gasteiger partial charge in [-0.15, -0.1) is 11.8 Å². The first-order valence-corrected chi connectivity index (χ1v) is 7.36. The Morgan fingerprint density at radius 3 is 2.56 bits per heavy atom. The molecule has 0 saturated carbocycles. The molecule has 0 saturated heterocycles. The first-order chi connectivity index (χ1) is 8.49. The molecule has 1 rings (SSSR count). The molecule has 0 heterocycles. The SMILES string of the molecule is CC(C)CC(C)CC(=O)CSc1ccccc1F. The molecule has 0 aromatic heterocycles. The van der Waals surface area contributed by atoms with E-state index < -0.39 is 0 Å². The highest BCUT2D eigenvalue weighted by Crippen LogP contribution is 2.23. The van der Waals surface area contributed by atoms with Crippen molar-refractivity contribution in [3.8, 4) is 0 Å². The molecule has 0 N–H and O–H groups in total. The van der Waals surface area contributed by atoms with Gasteiger partial charge in [0.15, 0.2) is 0 Å². The van der Waals surface area contributed by atoms with Crippen molar-refractivity contribution in [2.45, 2.75) is 38.5 Å². The van der Waals surface area contributed by atoms with Crippen molar-refractivity contribution in [1.29, 1.82) is 0 Å². The zero-order valence-corrected chi connectivity index (χ0v) is 12.1. The Morgan fingerprint density at radius 2 is 1.94 bits per heavy atom. The first kappa shape index (κ1) is 15.2. The smallest absolute Gasteiger partial charge is 0.143 e. The third-order valence-electron chi connectivity index (χ3n) is 2.68. The average molecular weight is 268 g/mol. The predicted octanol–water partition coefficient (Wildman–Crippen LogP) is 4.56. The molecule has 1 nitrogen and oxygen atoms in total. The van der Waals surface area contributed by atoms with E-state index in [9.17, 15) is 9.18 Å². The second kappa shape index (κ2) is 7.57. The van der Waals surface area contributed by atoms with Gasteiger partial charge in [0.2, 0.25) is 0 Å². The minimum Gasteiger partial charge on any atom is -0.299 e. The number of carbonyl (C=O) groups is 1. The number of hydrogen-bond acceptors (Lipinski definition) is 2. The predicted molar refractivity (Wildman–Crippen MR) is 75.4 cm³/mol. The van der Waals surface area contributed by atoms with E-state index in [1.807, 2.05) is 0 Å². The van der Waals surface area contributed by atoms with Gasteiger partial charge in [0.05, 0.1) is 5.75 Å². The van der Waals surface area contributed by atoms with Crippen LogP contribution in [0, 0.1) is 17.7 Å². The van der Waals surface area contributed by atoms with Crippen molar-refractivity contribution in [1.82, 2.24) is 0 Å². The van der Waals surface area contributed by atoms with Gasteiger partial charge >= 0.3 is 0 Å². The summed E-state index contributed by atoms with van der Waals surface area (Å²) in [7, 11) is 0. The summed E-state index contributed by atoms with van der Waals surface area (Å²) >= 11 is 1.29. The maximum absolute atomic E-state index is 13.3. The second-order valence-electron chi connectivity index (χ2n) is 5.20. The molecule has 0 aliphatic heterocycles. The fraction of sp³-hybridized carbons (Fsp3) is 0.533. The van der Waals surface area contributed by atoms with Gasteiger partial charge in [-0.25, -0.2) is 4.39 Å². The molecule has 18 heavy (non-hydrogen) atoms. The molecule has 0 fully saturated rings. The third-order valence-corrected chi connectivity index (χ3v) is 3.78. The normalized spacial score (nSPS) is 12.7. The minimum atomic E-state index is -0.245. The van der Waals surface area contributed by atoms with Gasteiger partial charge in [-0.2, -0.15) is 0 Å². The highest BCUT2D eigenvalue weighted by molar-refractivity contribution is 8.00. The highest BCUT2D eigenvalue weighted by Gasteiger charge is 2.12. The summed E-state index contributed by atoms with van der Waals surface area (Å²) in [6.45, 7) is 6.43. The average Bonchev–Trinajstić information content (AvgIpc) is 2.26. The van der Waals surface area contributed by atoms with E-state index in [0.29, 0.717) is 28.9 Å². The van der Waals surface area contributed by atoms with Gasteiger partial charge in [-0.1, -0.05) is 32.9 Å². The Labute approximate surface area is 113 Å². The van der Waals surface area contributed by atoms with Crippen molar-refractivity contribution in [2.75, 3.05) is 5.75 Å². The van der Waals surface area contributed by atoms with Crippen LogP contribution in [0.15, 0.2) is 29.2 Å². The number of halogens is 1. The maximum Gasteiger partial charge on any atom is 0.143 e. The maximum atomic E-state index is 13.3. The molecule has 3 heteroatoms. The number of Topliss-reactive ketones (excluding diaryl/α,β-unsaturated/α-hetero) is 1. The summed E-state index contributed by atoms with van der Waals surface area (Å²) in [5.41, 5.74) is 0.